The van der Waals surface area contributed by atoms with Gasteiger partial charge in [0.15, 0.2) is 0 Å². The molecule has 0 aromatic heterocycles. The Kier molecular flexibility index (Phi) is 15.7. The molecule has 9 aliphatic rings. The average molecular weight is 862 g/mol. The normalized spacial score (nSPS) is 36.2. The van der Waals surface area contributed by atoms with E-state index in [0.29, 0.717) is 42.2 Å². The van der Waals surface area contributed by atoms with Crippen LogP contribution in [0.5, 0.6) is 0 Å². The van der Waals surface area contributed by atoms with Crippen molar-refractivity contribution in [1.82, 2.24) is 19.6 Å². The number of fused-ring (bicyclic) bond motifs is 1. The number of ether oxygens (including phenoxy) is 3. The molecular weight excluding hydrogens is 784 g/mol. The van der Waals surface area contributed by atoms with E-state index in [1.165, 1.54) is 96.6 Å². The van der Waals surface area contributed by atoms with Crippen molar-refractivity contribution in [2.45, 2.75) is 190 Å². The lowest BCUT2D eigenvalue weighted by molar-refractivity contribution is -0.160. The number of hydrogen-bond donors (Lipinski definition) is 1. The van der Waals surface area contributed by atoms with E-state index in [0.717, 1.165) is 127 Å². The minimum absolute atomic E-state index is 0.0303. The van der Waals surface area contributed by atoms with Crippen LogP contribution in [0.4, 0.5) is 0 Å². The minimum Gasteiger partial charge on any atom is -0.391 e. The number of piperidine rings is 2. The standard InChI is InChI=1S/C23H39BrN2O3.C23H38N2O3/c24-14-23(28)26(21-2-1-3-22(21)27)20-10-12-25(13-11-20)19-8-6-18(7-9-19)16-29-15-17-4-5-17;26-23-16-28-22-3-1-2-21(22)25(23)20-10-12-24(13-11-20)19-8-6-18(7-9-19)15-27-14-17-4-5-17/h17-22,27H,1-16H2;17-22H,1-16H2/t2*18?,19?,21-,22+/m00/s1. The summed E-state index contributed by atoms with van der Waals surface area (Å²) in [6, 6.07) is 2.62. The summed E-state index contributed by atoms with van der Waals surface area (Å²) >= 11 is 3.36. The first-order valence-corrected chi connectivity index (χ1v) is 25.2. The van der Waals surface area contributed by atoms with Crippen molar-refractivity contribution in [3.05, 3.63) is 0 Å². The van der Waals surface area contributed by atoms with Gasteiger partial charge in [-0.3, -0.25) is 9.59 Å². The highest BCUT2D eigenvalue weighted by Gasteiger charge is 2.44. The molecule has 6 saturated carbocycles. The van der Waals surface area contributed by atoms with Crippen LogP contribution in [0.1, 0.15) is 141 Å². The van der Waals surface area contributed by atoms with Gasteiger partial charge in [0.05, 0.1) is 29.6 Å². The van der Waals surface area contributed by atoms with Crippen molar-refractivity contribution in [2.75, 3.05) is 64.5 Å². The number of hydrogen-bond acceptors (Lipinski definition) is 8. The molecule has 4 atom stereocenters. The number of nitrogens with zero attached hydrogens (tertiary/aromatic N) is 4. The second-order valence-corrected chi connectivity index (χ2v) is 20.6. The molecule has 57 heavy (non-hydrogen) atoms. The van der Waals surface area contributed by atoms with Crippen LogP contribution in [0.15, 0.2) is 0 Å². The summed E-state index contributed by atoms with van der Waals surface area (Å²) in [6.07, 6.45) is 26.8. The Balaban J connectivity index is 0.000000160. The molecule has 9 rings (SSSR count). The van der Waals surface area contributed by atoms with Gasteiger partial charge in [-0.25, -0.2) is 0 Å². The van der Waals surface area contributed by atoms with Gasteiger partial charge in [-0.15, -0.1) is 0 Å². The quantitative estimate of drug-likeness (QED) is 0.191. The molecule has 3 heterocycles. The molecule has 0 radical (unpaired) electrons. The van der Waals surface area contributed by atoms with Crippen LogP contribution in [-0.2, 0) is 23.8 Å². The van der Waals surface area contributed by atoms with E-state index in [4.69, 9.17) is 14.2 Å². The number of carbonyl (C=O) groups excluding carboxylic acids is 2. The molecule has 9 fully saturated rings. The van der Waals surface area contributed by atoms with Gasteiger partial charge in [0.2, 0.25) is 11.8 Å². The molecular formula is C46H77BrN4O6. The molecule has 0 unspecified atom stereocenters. The maximum atomic E-state index is 12.6. The van der Waals surface area contributed by atoms with Gasteiger partial charge in [-0.2, -0.15) is 0 Å². The summed E-state index contributed by atoms with van der Waals surface area (Å²) in [4.78, 5) is 34.9. The maximum absolute atomic E-state index is 12.6. The van der Waals surface area contributed by atoms with Crippen LogP contribution in [0.2, 0.25) is 0 Å². The SMILES string of the molecule is O=C(CBr)N(C1CCN(C2CCC(COCC3CC3)CC2)CC1)[C@H]1CCC[C@H]1O.O=C1CO[C@@H]2CCC[C@@H]2N1C1CCN(C2CCC(COCC3CC3)CC2)CC1. The number of likely N-dealkylation sites (tertiary alicyclic amines) is 2. The summed E-state index contributed by atoms with van der Waals surface area (Å²) in [7, 11) is 0. The van der Waals surface area contributed by atoms with Crippen molar-refractivity contribution in [1.29, 1.82) is 0 Å². The van der Waals surface area contributed by atoms with Crippen molar-refractivity contribution in [2.24, 2.45) is 23.7 Å². The number of amides is 2. The van der Waals surface area contributed by atoms with Gasteiger partial charge in [0.1, 0.15) is 6.61 Å². The Morgan fingerprint density at radius 3 is 1.60 bits per heavy atom. The zero-order chi connectivity index (χ0) is 39.1. The molecule has 3 saturated heterocycles. The largest absolute Gasteiger partial charge is 0.391 e. The molecule has 0 aromatic carbocycles. The summed E-state index contributed by atoms with van der Waals surface area (Å²) in [6.45, 7) is 8.79. The van der Waals surface area contributed by atoms with Crippen LogP contribution in [0.3, 0.4) is 0 Å². The van der Waals surface area contributed by atoms with Gasteiger partial charge < -0.3 is 38.9 Å². The first-order valence-electron chi connectivity index (χ1n) is 24.0. The number of aliphatic hydroxyl groups excluding tert-OH is 1. The lowest BCUT2D eigenvalue weighted by Crippen LogP contribution is -2.59. The molecule has 10 nitrogen and oxygen atoms in total. The Hall–Kier alpha value is -0.820. The van der Waals surface area contributed by atoms with E-state index >= 15 is 0 Å². The van der Waals surface area contributed by atoms with Crippen LogP contribution in [-0.4, -0.2) is 150 Å². The Morgan fingerprint density at radius 1 is 0.632 bits per heavy atom. The highest BCUT2D eigenvalue weighted by Crippen LogP contribution is 2.37. The highest BCUT2D eigenvalue weighted by atomic mass is 79.9. The van der Waals surface area contributed by atoms with Gasteiger partial charge in [-0.05, 0) is 165 Å². The molecule has 11 heteroatoms. The lowest BCUT2D eigenvalue weighted by atomic mass is 9.84. The summed E-state index contributed by atoms with van der Waals surface area (Å²) in [5, 5.41) is 10.7. The zero-order valence-electron chi connectivity index (χ0n) is 35.2. The minimum atomic E-state index is -0.339. The highest BCUT2D eigenvalue weighted by molar-refractivity contribution is 9.09. The van der Waals surface area contributed by atoms with Gasteiger partial charge >= 0.3 is 0 Å². The fourth-order valence-electron chi connectivity index (χ4n) is 12.1. The van der Waals surface area contributed by atoms with Crippen molar-refractivity contribution < 1.29 is 28.9 Å². The topological polar surface area (TPSA) is 95.0 Å². The van der Waals surface area contributed by atoms with Gasteiger partial charge in [-0.1, -0.05) is 15.9 Å². The van der Waals surface area contributed by atoms with E-state index in [-0.39, 0.29) is 24.0 Å². The first-order chi connectivity index (χ1) is 27.9. The average Bonchev–Trinajstić information content (AvgIpc) is 4.17. The Bertz CT molecular complexity index is 1260. The van der Waals surface area contributed by atoms with Crippen molar-refractivity contribution >= 4 is 27.7 Å². The summed E-state index contributed by atoms with van der Waals surface area (Å²) in [5.74, 6) is 3.70. The molecule has 324 valence electrons. The predicted octanol–water partition coefficient (Wildman–Crippen LogP) is 6.79. The smallest absolute Gasteiger partial charge is 0.249 e. The Morgan fingerprint density at radius 2 is 1.12 bits per heavy atom. The molecule has 2 amide bonds. The van der Waals surface area contributed by atoms with E-state index in [9.17, 15) is 14.7 Å². The third-order valence-corrected chi connectivity index (χ3v) is 16.4. The van der Waals surface area contributed by atoms with Gasteiger partial charge in [0, 0.05) is 76.8 Å². The number of aliphatic hydroxyl groups is 1. The van der Waals surface area contributed by atoms with Crippen molar-refractivity contribution in [3.8, 4) is 0 Å². The van der Waals surface area contributed by atoms with Crippen LogP contribution in [0.25, 0.3) is 0 Å². The molecule has 0 aromatic rings. The van der Waals surface area contributed by atoms with E-state index in [1.807, 2.05) is 0 Å². The maximum Gasteiger partial charge on any atom is 0.249 e. The molecule has 3 aliphatic heterocycles. The Labute approximate surface area is 352 Å². The molecule has 6 aliphatic carbocycles. The van der Waals surface area contributed by atoms with Crippen LogP contribution >= 0.6 is 15.9 Å². The molecule has 1 N–H and O–H groups in total. The third-order valence-electron chi connectivity index (χ3n) is 15.9. The third kappa shape index (κ3) is 11.6. The molecule has 0 bridgehead atoms. The first kappa shape index (κ1) is 42.9. The number of alkyl halides is 1. The monoisotopic (exact) mass is 861 g/mol. The summed E-state index contributed by atoms with van der Waals surface area (Å²) in [5.41, 5.74) is 0. The fraction of sp³-hybridized carbons (Fsp3) is 0.957. The molecule has 0 spiro atoms. The number of carbonyl (C=O) groups is 2. The number of halogens is 1. The van der Waals surface area contributed by atoms with Crippen molar-refractivity contribution in [3.63, 3.8) is 0 Å². The lowest BCUT2D eigenvalue weighted by Gasteiger charge is -2.47. The zero-order valence-corrected chi connectivity index (χ0v) is 36.8. The summed E-state index contributed by atoms with van der Waals surface area (Å²) < 4.78 is 17.7. The second-order valence-electron chi connectivity index (χ2n) is 20.0. The fourth-order valence-corrected chi connectivity index (χ4v) is 12.4. The number of rotatable bonds is 14. The van der Waals surface area contributed by atoms with Gasteiger partial charge in [0.25, 0.3) is 0 Å². The van der Waals surface area contributed by atoms with E-state index in [2.05, 4.69) is 35.5 Å². The van der Waals surface area contributed by atoms with E-state index in [1.54, 1.807) is 0 Å². The van der Waals surface area contributed by atoms with Crippen LogP contribution < -0.4 is 0 Å². The number of morpholine rings is 1. The second kappa shape index (κ2) is 20.8. The van der Waals surface area contributed by atoms with Crippen LogP contribution in [0, 0.1) is 23.7 Å². The predicted molar refractivity (Wildman–Crippen MR) is 226 cm³/mol. The van der Waals surface area contributed by atoms with E-state index < -0.39 is 0 Å².